The normalized spacial score (nSPS) is 11.7. The van der Waals surface area contributed by atoms with Crippen LogP contribution in [0.5, 0.6) is 0 Å². The predicted molar refractivity (Wildman–Crippen MR) is 119 cm³/mol. The maximum absolute atomic E-state index is 12.3. The number of nitrogens with one attached hydrogen (secondary N) is 1. The zero-order valence-electron chi connectivity index (χ0n) is 17.5. The summed E-state index contributed by atoms with van der Waals surface area (Å²) in [5.74, 6) is -0.705. The van der Waals surface area contributed by atoms with Crippen LogP contribution in [0.4, 0.5) is 5.69 Å². The SMILES string of the molecule is Cc1ccc(NC(=O)[C@H](C)OC(=O)CSc2c(C)nn(-c3ccccc3)c2C)cc1. The zero-order chi connectivity index (χ0) is 21.7. The first-order chi connectivity index (χ1) is 14.3. The topological polar surface area (TPSA) is 73.2 Å². The van der Waals surface area contributed by atoms with Crippen molar-refractivity contribution in [3.8, 4) is 5.69 Å². The molecule has 0 aliphatic rings. The van der Waals surface area contributed by atoms with Gasteiger partial charge in [-0.2, -0.15) is 5.10 Å². The van der Waals surface area contributed by atoms with Crippen LogP contribution in [-0.4, -0.2) is 33.5 Å². The Morgan fingerprint density at radius 1 is 1.07 bits per heavy atom. The molecule has 3 rings (SSSR count). The molecule has 1 heterocycles. The highest BCUT2D eigenvalue weighted by Gasteiger charge is 2.20. The van der Waals surface area contributed by atoms with Crippen LogP contribution >= 0.6 is 11.8 Å². The van der Waals surface area contributed by atoms with Crippen LogP contribution in [-0.2, 0) is 14.3 Å². The monoisotopic (exact) mass is 423 g/mol. The van der Waals surface area contributed by atoms with Gasteiger partial charge in [0.2, 0.25) is 0 Å². The van der Waals surface area contributed by atoms with E-state index in [4.69, 9.17) is 4.74 Å². The van der Waals surface area contributed by atoms with E-state index >= 15 is 0 Å². The molecule has 1 aromatic heterocycles. The van der Waals surface area contributed by atoms with Gasteiger partial charge in [0.15, 0.2) is 6.10 Å². The third-order valence-corrected chi connectivity index (χ3v) is 5.82. The summed E-state index contributed by atoms with van der Waals surface area (Å²) < 4.78 is 7.16. The van der Waals surface area contributed by atoms with E-state index in [2.05, 4.69) is 10.4 Å². The van der Waals surface area contributed by atoms with Crippen LogP contribution < -0.4 is 5.32 Å². The van der Waals surface area contributed by atoms with Gasteiger partial charge in [-0.05, 0) is 52.0 Å². The Kier molecular flexibility index (Phi) is 6.95. The predicted octanol–water partition coefficient (Wildman–Crippen LogP) is 4.46. The van der Waals surface area contributed by atoms with Crippen molar-refractivity contribution in [3.05, 3.63) is 71.5 Å². The molecule has 0 aliphatic carbocycles. The van der Waals surface area contributed by atoms with Crippen LogP contribution in [0.1, 0.15) is 23.9 Å². The summed E-state index contributed by atoms with van der Waals surface area (Å²) in [6.45, 7) is 7.42. The van der Waals surface area contributed by atoms with Gasteiger partial charge in [0.05, 0.1) is 27.7 Å². The maximum atomic E-state index is 12.3. The average Bonchev–Trinajstić information content (AvgIpc) is 3.02. The number of benzene rings is 2. The Morgan fingerprint density at radius 2 is 1.73 bits per heavy atom. The van der Waals surface area contributed by atoms with Gasteiger partial charge in [0.25, 0.3) is 5.91 Å². The highest BCUT2D eigenvalue weighted by Crippen LogP contribution is 2.28. The minimum atomic E-state index is -0.881. The molecule has 0 radical (unpaired) electrons. The van der Waals surface area contributed by atoms with Crippen LogP contribution in [0, 0.1) is 20.8 Å². The molecule has 3 aromatic rings. The lowest BCUT2D eigenvalue weighted by molar-refractivity contribution is -0.150. The first kappa shape index (κ1) is 21.6. The van der Waals surface area contributed by atoms with Crippen molar-refractivity contribution < 1.29 is 14.3 Å². The number of rotatable bonds is 7. The van der Waals surface area contributed by atoms with E-state index in [1.807, 2.05) is 80.1 Å². The van der Waals surface area contributed by atoms with Crippen molar-refractivity contribution in [2.24, 2.45) is 0 Å². The Bertz CT molecular complexity index is 1030. The fourth-order valence-electron chi connectivity index (χ4n) is 2.95. The minimum Gasteiger partial charge on any atom is -0.452 e. The van der Waals surface area contributed by atoms with Gasteiger partial charge >= 0.3 is 5.97 Å². The minimum absolute atomic E-state index is 0.102. The first-order valence-corrected chi connectivity index (χ1v) is 10.6. The molecular formula is C23H25N3O3S. The molecule has 0 fully saturated rings. The molecule has 7 heteroatoms. The van der Waals surface area contributed by atoms with Crippen molar-refractivity contribution in [2.75, 3.05) is 11.1 Å². The smallest absolute Gasteiger partial charge is 0.317 e. The summed E-state index contributed by atoms with van der Waals surface area (Å²) in [4.78, 5) is 25.5. The third kappa shape index (κ3) is 5.30. The standard InChI is InChI=1S/C23H25N3O3S/c1-15-10-12-19(13-11-15)24-23(28)18(4)29-21(27)14-30-22-16(2)25-26(17(22)3)20-8-6-5-7-9-20/h5-13,18H,14H2,1-4H3,(H,24,28)/t18-/m0/s1. The van der Waals surface area contributed by atoms with Gasteiger partial charge in [0.1, 0.15) is 0 Å². The number of esters is 1. The first-order valence-electron chi connectivity index (χ1n) is 9.66. The Morgan fingerprint density at radius 3 is 2.40 bits per heavy atom. The molecule has 1 atom stereocenters. The van der Waals surface area contributed by atoms with Crippen LogP contribution in [0.3, 0.4) is 0 Å². The Hall–Kier alpha value is -3.06. The lowest BCUT2D eigenvalue weighted by atomic mass is 10.2. The molecule has 0 saturated heterocycles. The Balaban J connectivity index is 1.56. The van der Waals surface area contributed by atoms with Gasteiger partial charge in [-0.15, -0.1) is 11.8 Å². The molecule has 1 amide bonds. The van der Waals surface area contributed by atoms with Gasteiger partial charge in [-0.25, -0.2) is 4.68 Å². The van der Waals surface area contributed by atoms with Gasteiger partial charge < -0.3 is 10.1 Å². The van der Waals surface area contributed by atoms with Crippen molar-refractivity contribution >= 4 is 29.3 Å². The summed E-state index contributed by atoms with van der Waals surface area (Å²) in [6.07, 6.45) is -0.881. The molecule has 0 saturated carbocycles. The molecule has 1 N–H and O–H groups in total. The van der Waals surface area contributed by atoms with E-state index in [9.17, 15) is 9.59 Å². The molecule has 0 bridgehead atoms. The molecule has 30 heavy (non-hydrogen) atoms. The zero-order valence-corrected chi connectivity index (χ0v) is 18.3. The summed E-state index contributed by atoms with van der Waals surface area (Å²) in [5.41, 5.74) is 4.54. The second-order valence-electron chi connectivity index (χ2n) is 7.02. The van der Waals surface area contributed by atoms with Gasteiger partial charge in [-0.3, -0.25) is 9.59 Å². The number of ether oxygens (including phenoxy) is 1. The quantitative estimate of drug-likeness (QED) is 0.449. The summed E-state index contributed by atoms with van der Waals surface area (Å²) in [6, 6.07) is 17.3. The van der Waals surface area contributed by atoms with Crippen LogP contribution in [0.2, 0.25) is 0 Å². The van der Waals surface area contributed by atoms with Crippen molar-refractivity contribution in [1.82, 2.24) is 9.78 Å². The maximum Gasteiger partial charge on any atom is 0.317 e. The number of carbonyl (C=O) groups is 2. The van der Waals surface area contributed by atoms with E-state index in [0.29, 0.717) is 5.69 Å². The van der Waals surface area contributed by atoms with Gasteiger partial charge in [0, 0.05) is 5.69 Å². The average molecular weight is 424 g/mol. The number of hydrogen-bond donors (Lipinski definition) is 1. The number of aromatic nitrogens is 2. The fraction of sp³-hybridized carbons (Fsp3) is 0.261. The van der Waals surface area contributed by atoms with E-state index in [0.717, 1.165) is 27.5 Å². The number of anilines is 1. The van der Waals surface area contributed by atoms with E-state index < -0.39 is 12.1 Å². The largest absolute Gasteiger partial charge is 0.452 e. The second kappa shape index (κ2) is 9.63. The number of para-hydroxylation sites is 1. The van der Waals surface area contributed by atoms with E-state index in [-0.39, 0.29) is 11.7 Å². The lowest BCUT2D eigenvalue weighted by Crippen LogP contribution is -2.30. The number of nitrogens with zero attached hydrogens (tertiary/aromatic N) is 2. The number of carbonyl (C=O) groups excluding carboxylic acids is 2. The third-order valence-electron chi connectivity index (χ3n) is 4.56. The number of aryl methyl sites for hydroxylation is 2. The second-order valence-corrected chi connectivity index (χ2v) is 8.01. The van der Waals surface area contributed by atoms with E-state index in [1.54, 1.807) is 6.92 Å². The number of amides is 1. The molecule has 0 spiro atoms. The lowest BCUT2D eigenvalue weighted by Gasteiger charge is -2.13. The molecule has 156 valence electrons. The number of thioether (sulfide) groups is 1. The van der Waals surface area contributed by atoms with Crippen molar-refractivity contribution in [2.45, 2.75) is 38.7 Å². The molecule has 0 aliphatic heterocycles. The summed E-state index contributed by atoms with van der Waals surface area (Å²) in [7, 11) is 0. The molecular weight excluding hydrogens is 398 g/mol. The van der Waals surface area contributed by atoms with Crippen molar-refractivity contribution in [3.63, 3.8) is 0 Å². The molecule has 0 unspecified atom stereocenters. The van der Waals surface area contributed by atoms with E-state index in [1.165, 1.54) is 11.8 Å². The highest BCUT2D eigenvalue weighted by atomic mass is 32.2. The fourth-order valence-corrected chi connectivity index (χ4v) is 3.83. The summed E-state index contributed by atoms with van der Waals surface area (Å²) in [5, 5.41) is 7.33. The summed E-state index contributed by atoms with van der Waals surface area (Å²) >= 11 is 1.37. The molecule has 2 aromatic carbocycles. The van der Waals surface area contributed by atoms with Crippen LogP contribution in [0.15, 0.2) is 59.5 Å². The van der Waals surface area contributed by atoms with Gasteiger partial charge in [-0.1, -0.05) is 35.9 Å². The molecule has 6 nitrogen and oxygen atoms in total. The highest BCUT2D eigenvalue weighted by molar-refractivity contribution is 8.00. The number of hydrogen-bond acceptors (Lipinski definition) is 5. The Labute approximate surface area is 180 Å². The van der Waals surface area contributed by atoms with Crippen molar-refractivity contribution in [1.29, 1.82) is 0 Å². The van der Waals surface area contributed by atoms with Crippen LogP contribution in [0.25, 0.3) is 5.69 Å².